The molecule has 1 aromatic rings. The van der Waals surface area contributed by atoms with Gasteiger partial charge in [-0.05, 0) is 56.4 Å². The molecule has 1 amide bonds. The Morgan fingerprint density at radius 3 is 2.48 bits per heavy atom. The molecule has 1 atom stereocenters. The van der Waals surface area contributed by atoms with Crippen molar-refractivity contribution >= 4 is 15.7 Å². The fourth-order valence-corrected chi connectivity index (χ4v) is 3.54. The number of rotatable bonds is 5. The molecule has 1 N–H and O–H groups in total. The zero-order chi connectivity index (χ0) is 16.0. The molecule has 1 unspecified atom stereocenters. The number of amides is 1. The van der Waals surface area contributed by atoms with E-state index in [1.807, 2.05) is 20.8 Å². The first-order chi connectivity index (χ1) is 9.80. The van der Waals surface area contributed by atoms with Crippen molar-refractivity contribution < 1.29 is 13.2 Å². The summed E-state index contributed by atoms with van der Waals surface area (Å²) < 4.78 is 24.8. The lowest BCUT2D eigenvalue weighted by atomic mass is 10.1. The molecule has 0 bridgehead atoms. The molecule has 21 heavy (non-hydrogen) atoms. The zero-order valence-corrected chi connectivity index (χ0v) is 13.7. The summed E-state index contributed by atoms with van der Waals surface area (Å²) in [7, 11) is -3.43. The molecule has 114 valence electrons. The highest BCUT2D eigenvalue weighted by Crippen LogP contribution is 2.17. The Labute approximate surface area is 126 Å². The fourth-order valence-electron chi connectivity index (χ4n) is 1.87. The van der Waals surface area contributed by atoms with Gasteiger partial charge >= 0.3 is 0 Å². The summed E-state index contributed by atoms with van der Waals surface area (Å²) in [6.07, 6.45) is 0.529. The van der Waals surface area contributed by atoms with Crippen molar-refractivity contribution in [3.05, 3.63) is 29.3 Å². The van der Waals surface area contributed by atoms with Gasteiger partial charge in [-0.3, -0.25) is 4.79 Å². The monoisotopic (exact) mass is 307 g/mol. The molecule has 0 aromatic heterocycles. The minimum atomic E-state index is -3.43. The molecule has 0 aliphatic rings. The minimum Gasteiger partial charge on any atom is -0.342 e. The molecule has 1 rings (SSSR count). The van der Waals surface area contributed by atoms with E-state index in [-0.39, 0.29) is 5.75 Å². The molecule has 0 spiro atoms. The smallest absolute Gasteiger partial charge is 0.296 e. The molecule has 5 heteroatoms. The van der Waals surface area contributed by atoms with Gasteiger partial charge in [-0.2, -0.15) is 0 Å². The highest BCUT2D eigenvalue weighted by Gasteiger charge is 2.21. The van der Waals surface area contributed by atoms with Crippen LogP contribution < -0.4 is 5.32 Å². The van der Waals surface area contributed by atoms with Crippen LogP contribution in [0.15, 0.2) is 23.1 Å². The fraction of sp³-hybridized carbons (Fsp3) is 0.438. The number of nitrogens with one attached hydrogen (secondary N) is 1. The molecule has 0 saturated carbocycles. The van der Waals surface area contributed by atoms with Crippen LogP contribution in [0.25, 0.3) is 0 Å². The maximum Gasteiger partial charge on any atom is 0.296 e. The van der Waals surface area contributed by atoms with Crippen LogP contribution >= 0.6 is 0 Å². The second kappa shape index (κ2) is 7.28. The highest BCUT2D eigenvalue weighted by molar-refractivity contribution is 7.91. The maximum atomic E-state index is 12.4. The Balaban J connectivity index is 2.93. The van der Waals surface area contributed by atoms with Crippen LogP contribution in [0.3, 0.4) is 0 Å². The van der Waals surface area contributed by atoms with Gasteiger partial charge in [0.15, 0.2) is 9.84 Å². The molecular weight excluding hydrogens is 286 g/mol. The molecule has 0 heterocycles. The lowest BCUT2D eigenvalue weighted by Crippen LogP contribution is -2.38. The van der Waals surface area contributed by atoms with Crippen LogP contribution in [0.4, 0.5) is 0 Å². The van der Waals surface area contributed by atoms with E-state index in [2.05, 4.69) is 17.2 Å². The van der Waals surface area contributed by atoms with E-state index in [1.54, 1.807) is 25.1 Å². The van der Waals surface area contributed by atoms with E-state index in [1.165, 1.54) is 0 Å². The van der Waals surface area contributed by atoms with Gasteiger partial charge in [0.05, 0.1) is 10.6 Å². The van der Waals surface area contributed by atoms with E-state index < -0.39 is 21.8 Å². The van der Waals surface area contributed by atoms with Crippen molar-refractivity contribution in [3.8, 4) is 11.8 Å². The predicted octanol–water partition coefficient (Wildman–Crippen LogP) is 2.00. The van der Waals surface area contributed by atoms with Crippen molar-refractivity contribution in [3.63, 3.8) is 0 Å². The molecule has 0 aliphatic carbocycles. The van der Waals surface area contributed by atoms with Gasteiger partial charge < -0.3 is 5.32 Å². The number of carbonyl (C=O) groups is 1. The van der Waals surface area contributed by atoms with Crippen LogP contribution in [0.1, 0.15) is 31.4 Å². The normalized spacial score (nSPS) is 12.2. The third-order valence-electron chi connectivity index (χ3n) is 3.32. The van der Waals surface area contributed by atoms with Gasteiger partial charge in [0.2, 0.25) is 0 Å². The van der Waals surface area contributed by atoms with Crippen LogP contribution in [-0.4, -0.2) is 26.1 Å². The topological polar surface area (TPSA) is 63.2 Å². The quantitative estimate of drug-likeness (QED) is 0.846. The summed E-state index contributed by atoms with van der Waals surface area (Å²) in [5.74, 6) is 4.28. The van der Waals surface area contributed by atoms with E-state index in [0.717, 1.165) is 11.1 Å². The molecular formula is C16H21NO3S. The first-order valence-electron chi connectivity index (χ1n) is 6.83. The molecule has 0 fully saturated rings. The first kappa shape index (κ1) is 17.3. The van der Waals surface area contributed by atoms with Crippen LogP contribution in [-0.2, 0) is 14.6 Å². The van der Waals surface area contributed by atoms with Crippen molar-refractivity contribution in [2.45, 2.75) is 45.1 Å². The number of sulfone groups is 1. The maximum absolute atomic E-state index is 12.4. The van der Waals surface area contributed by atoms with E-state index in [9.17, 15) is 13.2 Å². The number of carbonyl (C=O) groups excluding carboxylic acids is 1. The predicted molar refractivity (Wildman–Crippen MR) is 83.6 cm³/mol. The number of hydrogen-bond acceptors (Lipinski definition) is 3. The van der Waals surface area contributed by atoms with Gasteiger partial charge in [0.25, 0.3) is 5.91 Å². The van der Waals surface area contributed by atoms with E-state index >= 15 is 0 Å². The molecule has 0 radical (unpaired) electrons. The second-order valence-electron chi connectivity index (χ2n) is 4.98. The number of aryl methyl sites for hydroxylation is 2. The van der Waals surface area contributed by atoms with Gasteiger partial charge in [-0.15, -0.1) is 0 Å². The van der Waals surface area contributed by atoms with Gasteiger partial charge in [0, 0.05) is 6.04 Å². The first-order valence-corrected chi connectivity index (χ1v) is 8.48. The van der Waals surface area contributed by atoms with Crippen molar-refractivity contribution in [1.82, 2.24) is 5.32 Å². The standard InChI is InChI=1S/C16H21NO3S/c1-5-7-16(18)17-14(6-2)11-21(19,20)15-9-8-12(3)13(4)10-15/h8-10,14H,6,11H2,1-4H3,(H,17,18). The summed E-state index contributed by atoms with van der Waals surface area (Å²) in [6, 6.07) is 4.64. The van der Waals surface area contributed by atoms with Crippen LogP contribution in [0.5, 0.6) is 0 Å². The summed E-state index contributed by atoms with van der Waals surface area (Å²) >= 11 is 0. The summed E-state index contributed by atoms with van der Waals surface area (Å²) in [4.78, 5) is 11.7. The average Bonchev–Trinajstić information content (AvgIpc) is 2.41. The number of benzene rings is 1. The Hall–Kier alpha value is -1.80. The lowest BCUT2D eigenvalue weighted by Gasteiger charge is -2.16. The number of hydrogen-bond donors (Lipinski definition) is 1. The average molecular weight is 307 g/mol. The lowest BCUT2D eigenvalue weighted by molar-refractivity contribution is -0.116. The molecule has 1 aromatic carbocycles. The molecule has 4 nitrogen and oxygen atoms in total. The SMILES string of the molecule is CC#CC(=O)NC(CC)CS(=O)(=O)c1ccc(C)c(C)c1. The van der Waals surface area contributed by atoms with E-state index in [4.69, 9.17) is 0 Å². The van der Waals surface area contributed by atoms with Gasteiger partial charge in [-0.25, -0.2) is 8.42 Å². The van der Waals surface area contributed by atoms with Crippen molar-refractivity contribution in [2.75, 3.05) is 5.75 Å². The Morgan fingerprint density at radius 2 is 1.95 bits per heavy atom. The Morgan fingerprint density at radius 1 is 1.29 bits per heavy atom. The summed E-state index contributed by atoms with van der Waals surface area (Å²) in [5, 5.41) is 2.63. The van der Waals surface area contributed by atoms with Crippen LogP contribution in [0.2, 0.25) is 0 Å². The third-order valence-corrected chi connectivity index (χ3v) is 5.14. The second-order valence-corrected chi connectivity index (χ2v) is 7.02. The summed E-state index contributed by atoms with van der Waals surface area (Å²) in [5.41, 5.74) is 1.98. The highest BCUT2D eigenvalue weighted by atomic mass is 32.2. The largest absolute Gasteiger partial charge is 0.342 e. The zero-order valence-electron chi connectivity index (χ0n) is 12.9. The molecule has 0 aliphatic heterocycles. The minimum absolute atomic E-state index is 0.122. The van der Waals surface area contributed by atoms with Crippen molar-refractivity contribution in [1.29, 1.82) is 0 Å². The Kier molecular flexibility index (Phi) is 5.98. The van der Waals surface area contributed by atoms with Gasteiger partial charge in [-0.1, -0.05) is 18.9 Å². The van der Waals surface area contributed by atoms with Crippen molar-refractivity contribution in [2.24, 2.45) is 0 Å². The van der Waals surface area contributed by atoms with Crippen LogP contribution in [0, 0.1) is 25.7 Å². The summed E-state index contributed by atoms with van der Waals surface area (Å²) in [6.45, 7) is 7.21. The van der Waals surface area contributed by atoms with E-state index in [0.29, 0.717) is 11.3 Å². The third kappa shape index (κ3) is 4.91. The van der Waals surface area contributed by atoms with Gasteiger partial charge in [0.1, 0.15) is 0 Å². The Bertz CT molecular complexity index is 681. The molecule has 0 saturated heterocycles.